The highest BCUT2D eigenvalue weighted by Crippen LogP contribution is 2.47. The van der Waals surface area contributed by atoms with E-state index in [2.05, 4.69) is 18.3 Å². The number of furan rings is 1. The Morgan fingerprint density at radius 2 is 2.36 bits per heavy atom. The van der Waals surface area contributed by atoms with Crippen LogP contribution in [-0.2, 0) is 0 Å². The van der Waals surface area contributed by atoms with Gasteiger partial charge in [0.15, 0.2) is 0 Å². The van der Waals surface area contributed by atoms with Crippen LogP contribution < -0.4 is 11.1 Å². The largest absolute Gasteiger partial charge is 0.464 e. The fourth-order valence-corrected chi connectivity index (χ4v) is 1.85. The predicted molar refractivity (Wildman–Crippen MR) is 56.1 cm³/mol. The maximum absolute atomic E-state index is 5.78. The van der Waals surface area contributed by atoms with Gasteiger partial charge in [-0.25, -0.2) is 0 Å². The highest BCUT2D eigenvalue weighted by molar-refractivity contribution is 5.19. The van der Waals surface area contributed by atoms with Gasteiger partial charge < -0.3 is 15.5 Å². The number of hydrogen-bond donors (Lipinski definition) is 2. The number of hydrogen-bond acceptors (Lipinski definition) is 3. The Hall–Kier alpha value is -0.800. The second kappa shape index (κ2) is 3.75. The van der Waals surface area contributed by atoms with Crippen molar-refractivity contribution in [1.29, 1.82) is 0 Å². The van der Waals surface area contributed by atoms with Crippen LogP contribution in [0, 0.1) is 5.92 Å². The summed E-state index contributed by atoms with van der Waals surface area (Å²) in [5.41, 5.74) is 5.62. The number of rotatable bonds is 4. The second-order valence-electron chi connectivity index (χ2n) is 4.14. The molecule has 1 aromatic heterocycles. The van der Waals surface area contributed by atoms with Crippen molar-refractivity contribution in [3.05, 3.63) is 23.7 Å². The molecule has 1 heterocycles. The molecule has 0 spiro atoms. The minimum absolute atomic E-state index is 0.151. The first kappa shape index (κ1) is 9.74. The first-order chi connectivity index (χ1) is 6.76. The van der Waals surface area contributed by atoms with Gasteiger partial charge in [-0.05, 0) is 31.5 Å². The molecule has 3 atom stereocenters. The number of likely N-dealkylation sites (N-methyl/N-ethyl adjacent to an activating group) is 1. The highest BCUT2D eigenvalue weighted by atomic mass is 16.3. The van der Waals surface area contributed by atoms with Crippen molar-refractivity contribution in [3.8, 4) is 0 Å². The maximum atomic E-state index is 5.78. The zero-order chi connectivity index (χ0) is 10.1. The molecule has 1 saturated carbocycles. The molecule has 0 saturated heterocycles. The van der Waals surface area contributed by atoms with Gasteiger partial charge in [-0.3, -0.25) is 0 Å². The van der Waals surface area contributed by atoms with Crippen LogP contribution in [0.1, 0.15) is 36.8 Å². The Bertz CT molecular complexity index is 304. The van der Waals surface area contributed by atoms with E-state index in [0.717, 1.165) is 17.4 Å². The van der Waals surface area contributed by atoms with Gasteiger partial charge in [0.25, 0.3) is 0 Å². The van der Waals surface area contributed by atoms with Gasteiger partial charge in [0, 0.05) is 12.5 Å². The van der Waals surface area contributed by atoms with E-state index in [1.165, 1.54) is 6.42 Å². The lowest BCUT2D eigenvalue weighted by atomic mass is 10.2. The number of nitrogens with two attached hydrogens (primary N) is 1. The molecule has 1 aromatic rings. The molecule has 0 radical (unpaired) electrons. The van der Waals surface area contributed by atoms with Gasteiger partial charge in [-0.15, -0.1) is 0 Å². The van der Waals surface area contributed by atoms with Crippen molar-refractivity contribution in [2.75, 3.05) is 13.6 Å². The molecule has 1 aliphatic carbocycles. The van der Waals surface area contributed by atoms with Gasteiger partial charge in [0.05, 0.1) is 6.04 Å². The molecule has 2 rings (SSSR count). The quantitative estimate of drug-likeness (QED) is 0.765. The normalized spacial score (nSPS) is 27.6. The summed E-state index contributed by atoms with van der Waals surface area (Å²) in [5, 5.41) is 3.13. The van der Waals surface area contributed by atoms with Gasteiger partial charge in [0.2, 0.25) is 0 Å². The summed E-state index contributed by atoms with van der Waals surface area (Å²) in [6, 6.07) is 4.27. The van der Waals surface area contributed by atoms with E-state index in [0.29, 0.717) is 12.5 Å². The SMILES string of the molecule is CNC(CN)c1ccc(C2CC2C)o1. The van der Waals surface area contributed by atoms with E-state index in [1.54, 1.807) is 0 Å². The van der Waals surface area contributed by atoms with Crippen molar-refractivity contribution in [2.24, 2.45) is 11.7 Å². The molecule has 78 valence electrons. The average Bonchev–Trinajstić information content (AvgIpc) is 2.74. The molecule has 0 amide bonds. The lowest BCUT2D eigenvalue weighted by Crippen LogP contribution is -2.24. The minimum atomic E-state index is 0.151. The summed E-state index contributed by atoms with van der Waals surface area (Å²) in [6.07, 6.45) is 1.26. The molecule has 3 heteroatoms. The fraction of sp³-hybridized carbons (Fsp3) is 0.636. The molecule has 3 nitrogen and oxygen atoms in total. The molecule has 1 aliphatic rings. The van der Waals surface area contributed by atoms with Crippen LogP contribution in [0.15, 0.2) is 16.5 Å². The summed E-state index contributed by atoms with van der Waals surface area (Å²) in [6.45, 7) is 2.83. The lowest BCUT2D eigenvalue weighted by Gasteiger charge is -2.09. The Balaban J connectivity index is 2.09. The van der Waals surface area contributed by atoms with Gasteiger partial charge in [-0.2, -0.15) is 0 Å². The minimum Gasteiger partial charge on any atom is -0.464 e. The smallest absolute Gasteiger partial charge is 0.122 e. The van der Waals surface area contributed by atoms with E-state index in [-0.39, 0.29) is 6.04 Å². The Morgan fingerprint density at radius 3 is 2.86 bits per heavy atom. The van der Waals surface area contributed by atoms with E-state index in [4.69, 9.17) is 10.2 Å². The van der Waals surface area contributed by atoms with Crippen LogP contribution in [0.5, 0.6) is 0 Å². The van der Waals surface area contributed by atoms with Crippen molar-refractivity contribution >= 4 is 0 Å². The topological polar surface area (TPSA) is 51.2 Å². The van der Waals surface area contributed by atoms with Crippen LogP contribution >= 0.6 is 0 Å². The zero-order valence-corrected chi connectivity index (χ0v) is 8.79. The summed E-state index contributed by atoms with van der Waals surface area (Å²) in [7, 11) is 1.90. The first-order valence-electron chi connectivity index (χ1n) is 5.23. The average molecular weight is 194 g/mol. The maximum Gasteiger partial charge on any atom is 0.122 e. The molecule has 3 N–H and O–H groups in total. The predicted octanol–water partition coefficient (Wildman–Crippen LogP) is 1.62. The Labute approximate surface area is 84.7 Å². The third-order valence-electron chi connectivity index (χ3n) is 3.05. The molecular weight excluding hydrogens is 176 g/mol. The molecule has 0 aromatic carbocycles. The van der Waals surface area contributed by atoms with E-state index < -0.39 is 0 Å². The van der Waals surface area contributed by atoms with Crippen molar-refractivity contribution in [3.63, 3.8) is 0 Å². The van der Waals surface area contributed by atoms with Crippen LogP contribution in [0.25, 0.3) is 0 Å². The molecule has 3 unspecified atom stereocenters. The molecule has 1 fully saturated rings. The second-order valence-corrected chi connectivity index (χ2v) is 4.14. The first-order valence-corrected chi connectivity index (χ1v) is 5.23. The van der Waals surface area contributed by atoms with E-state index in [9.17, 15) is 0 Å². The third-order valence-corrected chi connectivity index (χ3v) is 3.05. The van der Waals surface area contributed by atoms with Crippen molar-refractivity contribution in [2.45, 2.75) is 25.3 Å². The lowest BCUT2D eigenvalue weighted by molar-refractivity contribution is 0.408. The van der Waals surface area contributed by atoms with Gasteiger partial charge in [-0.1, -0.05) is 6.92 Å². The fourth-order valence-electron chi connectivity index (χ4n) is 1.85. The summed E-state index contributed by atoms with van der Waals surface area (Å²) < 4.78 is 5.78. The van der Waals surface area contributed by atoms with Gasteiger partial charge >= 0.3 is 0 Å². The van der Waals surface area contributed by atoms with Crippen molar-refractivity contribution < 1.29 is 4.42 Å². The zero-order valence-electron chi connectivity index (χ0n) is 8.79. The summed E-state index contributed by atoms with van der Waals surface area (Å²) >= 11 is 0. The molecule has 0 aliphatic heterocycles. The van der Waals surface area contributed by atoms with Gasteiger partial charge in [0.1, 0.15) is 11.5 Å². The highest BCUT2D eigenvalue weighted by Gasteiger charge is 2.36. The van der Waals surface area contributed by atoms with Crippen molar-refractivity contribution in [1.82, 2.24) is 5.32 Å². The monoisotopic (exact) mass is 194 g/mol. The van der Waals surface area contributed by atoms with Crippen LogP contribution in [0.3, 0.4) is 0 Å². The Kier molecular flexibility index (Phi) is 2.61. The van der Waals surface area contributed by atoms with E-state index >= 15 is 0 Å². The van der Waals surface area contributed by atoms with Crippen LogP contribution in [0.2, 0.25) is 0 Å². The standard InChI is InChI=1S/C11H18N2O/c1-7-5-8(7)10-3-4-11(14-10)9(6-12)13-2/h3-4,7-9,13H,5-6,12H2,1-2H3. The summed E-state index contributed by atoms with van der Waals surface area (Å²) in [4.78, 5) is 0. The van der Waals surface area contributed by atoms with Crippen LogP contribution in [-0.4, -0.2) is 13.6 Å². The molecular formula is C11H18N2O. The third kappa shape index (κ3) is 1.70. The Morgan fingerprint density at radius 1 is 1.64 bits per heavy atom. The van der Waals surface area contributed by atoms with E-state index in [1.807, 2.05) is 13.1 Å². The number of nitrogens with one attached hydrogen (secondary N) is 1. The van der Waals surface area contributed by atoms with Crippen LogP contribution in [0.4, 0.5) is 0 Å². The molecule has 0 bridgehead atoms. The summed E-state index contributed by atoms with van der Waals surface area (Å²) in [5.74, 6) is 3.53. The molecule has 14 heavy (non-hydrogen) atoms.